The quantitative estimate of drug-likeness (QED) is 0.877. The smallest absolute Gasteiger partial charge is 0.255 e. The second-order valence-electron chi connectivity index (χ2n) is 6.20. The van der Waals surface area contributed by atoms with E-state index in [9.17, 15) is 4.79 Å². The van der Waals surface area contributed by atoms with Gasteiger partial charge in [0.1, 0.15) is 5.75 Å². The summed E-state index contributed by atoms with van der Waals surface area (Å²) in [6, 6.07) is 13.6. The minimum atomic E-state index is -0.119. The van der Waals surface area contributed by atoms with Crippen LogP contribution < -0.4 is 10.1 Å². The number of hydrogen-bond donors (Lipinski definition) is 1. The van der Waals surface area contributed by atoms with Gasteiger partial charge >= 0.3 is 0 Å². The predicted octanol–water partition coefficient (Wildman–Crippen LogP) is 4.58. The highest BCUT2D eigenvalue weighted by Crippen LogP contribution is 2.22. The van der Waals surface area contributed by atoms with Crippen molar-refractivity contribution in [2.24, 2.45) is 0 Å². The van der Waals surface area contributed by atoms with Crippen LogP contribution in [0.2, 0.25) is 0 Å². The Labute approximate surface area is 138 Å². The van der Waals surface area contributed by atoms with Crippen molar-refractivity contribution in [1.29, 1.82) is 0 Å². The summed E-state index contributed by atoms with van der Waals surface area (Å²) in [5.41, 5.74) is 4.15. The summed E-state index contributed by atoms with van der Waals surface area (Å²) in [6.45, 7) is 10.1. The van der Waals surface area contributed by atoms with Gasteiger partial charge in [-0.15, -0.1) is 0 Å². The van der Waals surface area contributed by atoms with Crippen LogP contribution in [0.5, 0.6) is 5.75 Å². The van der Waals surface area contributed by atoms with Gasteiger partial charge in [-0.1, -0.05) is 30.3 Å². The number of ether oxygens (including phenoxy) is 1. The van der Waals surface area contributed by atoms with E-state index in [0.29, 0.717) is 11.3 Å². The Morgan fingerprint density at radius 3 is 2.35 bits per heavy atom. The first kappa shape index (κ1) is 17.1. The van der Waals surface area contributed by atoms with E-state index in [1.165, 1.54) is 11.1 Å². The van der Waals surface area contributed by atoms with E-state index in [4.69, 9.17) is 4.74 Å². The van der Waals surface area contributed by atoms with Gasteiger partial charge in [0, 0.05) is 0 Å². The molecule has 0 aliphatic carbocycles. The zero-order chi connectivity index (χ0) is 17.0. The monoisotopic (exact) mass is 311 g/mol. The standard InChI is InChI=1S/C20H25NO2/c1-13(2)23-19-9-7-6-8-18(19)20(22)21-16(5)17-11-10-14(3)15(4)12-17/h6-13,16H,1-5H3,(H,21,22). The van der Waals surface area contributed by atoms with Crippen LogP contribution in [0.4, 0.5) is 0 Å². The molecule has 0 heterocycles. The molecule has 3 nitrogen and oxygen atoms in total. The van der Waals surface area contributed by atoms with Crippen LogP contribution in [0, 0.1) is 13.8 Å². The summed E-state index contributed by atoms with van der Waals surface area (Å²) < 4.78 is 5.73. The molecule has 0 aliphatic heterocycles. The number of aryl methyl sites for hydroxylation is 2. The molecule has 23 heavy (non-hydrogen) atoms. The molecule has 1 unspecified atom stereocenters. The molecule has 0 fully saturated rings. The number of hydrogen-bond acceptors (Lipinski definition) is 2. The Balaban J connectivity index is 2.16. The third-order valence-corrected chi connectivity index (χ3v) is 3.87. The van der Waals surface area contributed by atoms with Crippen LogP contribution in [0.3, 0.4) is 0 Å². The maximum absolute atomic E-state index is 12.6. The van der Waals surface area contributed by atoms with Gasteiger partial charge in [0.15, 0.2) is 0 Å². The number of para-hydroxylation sites is 1. The minimum Gasteiger partial charge on any atom is -0.490 e. The van der Waals surface area contributed by atoms with Crippen molar-refractivity contribution < 1.29 is 9.53 Å². The van der Waals surface area contributed by atoms with Crippen LogP contribution in [0.25, 0.3) is 0 Å². The fraction of sp³-hybridized carbons (Fsp3) is 0.350. The maximum atomic E-state index is 12.6. The molecule has 0 aliphatic rings. The van der Waals surface area contributed by atoms with Crippen molar-refractivity contribution in [2.75, 3.05) is 0 Å². The lowest BCUT2D eigenvalue weighted by Crippen LogP contribution is -2.27. The molecular weight excluding hydrogens is 286 g/mol. The highest BCUT2D eigenvalue weighted by Gasteiger charge is 2.16. The van der Waals surface area contributed by atoms with Crippen molar-refractivity contribution in [3.05, 3.63) is 64.7 Å². The van der Waals surface area contributed by atoms with Crippen LogP contribution in [0.15, 0.2) is 42.5 Å². The molecule has 0 bridgehead atoms. The van der Waals surface area contributed by atoms with E-state index < -0.39 is 0 Å². The van der Waals surface area contributed by atoms with Gasteiger partial charge in [-0.05, 0) is 63.4 Å². The third-order valence-electron chi connectivity index (χ3n) is 3.87. The maximum Gasteiger partial charge on any atom is 0.255 e. The number of benzene rings is 2. The Hall–Kier alpha value is -2.29. The molecule has 3 heteroatoms. The first-order valence-corrected chi connectivity index (χ1v) is 8.02. The SMILES string of the molecule is Cc1ccc(C(C)NC(=O)c2ccccc2OC(C)C)cc1C. The van der Waals surface area contributed by atoms with E-state index in [-0.39, 0.29) is 18.1 Å². The van der Waals surface area contributed by atoms with Crippen molar-refractivity contribution in [3.8, 4) is 5.75 Å². The Kier molecular flexibility index (Phi) is 5.43. The highest BCUT2D eigenvalue weighted by molar-refractivity contribution is 5.97. The average Bonchev–Trinajstić information content (AvgIpc) is 2.49. The second kappa shape index (κ2) is 7.32. The molecule has 1 atom stereocenters. The number of nitrogens with one attached hydrogen (secondary N) is 1. The van der Waals surface area contributed by atoms with Crippen LogP contribution in [0.1, 0.15) is 53.9 Å². The lowest BCUT2D eigenvalue weighted by Gasteiger charge is -2.18. The first-order chi connectivity index (χ1) is 10.9. The fourth-order valence-corrected chi connectivity index (χ4v) is 2.40. The van der Waals surface area contributed by atoms with Crippen molar-refractivity contribution in [2.45, 2.75) is 46.8 Å². The molecule has 0 saturated carbocycles. The second-order valence-corrected chi connectivity index (χ2v) is 6.20. The topological polar surface area (TPSA) is 38.3 Å². The molecule has 0 saturated heterocycles. The van der Waals surface area contributed by atoms with Crippen LogP contribution >= 0.6 is 0 Å². The van der Waals surface area contributed by atoms with Crippen LogP contribution in [-0.4, -0.2) is 12.0 Å². The fourth-order valence-electron chi connectivity index (χ4n) is 2.40. The average molecular weight is 311 g/mol. The van der Waals surface area contributed by atoms with Gasteiger partial charge in [-0.25, -0.2) is 0 Å². The summed E-state index contributed by atoms with van der Waals surface area (Å²) >= 11 is 0. The third kappa shape index (κ3) is 4.35. The minimum absolute atomic E-state index is 0.0288. The summed E-state index contributed by atoms with van der Waals surface area (Å²) in [7, 11) is 0. The van der Waals surface area contributed by atoms with Gasteiger partial charge in [0.25, 0.3) is 5.91 Å². The number of carbonyl (C=O) groups excluding carboxylic acids is 1. The zero-order valence-corrected chi connectivity index (χ0v) is 14.5. The summed E-state index contributed by atoms with van der Waals surface area (Å²) in [5.74, 6) is 0.499. The van der Waals surface area contributed by atoms with E-state index in [0.717, 1.165) is 5.56 Å². The lowest BCUT2D eigenvalue weighted by molar-refractivity contribution is 0.0934. The molecular formula is C20H25NO2. The molecule has 2 rings (SSSR count). The normalized spacial score (nSPS) is 12.1. The predicted molar refractivity (Wildman–Crippen MR) is 94.0 cm³/mol. The largest absolute Gasteiger partial charge is 0.490 e. The van der Waals surface area contributed by atoms with Crippen molar-refractivity contribution >= 4 is 5.91 Å². The molecule has 2 aromatic rings. The molecule has 2 aromatic carbocycles. The van der Waals surface area contributed by atoms with Gasteiger partial charge < -0.3 is 10.1 Å². The Morgan fingerprint density at radius 2 is 1.70 bits per heavy atom. The Bertz CT molecular complexity index is 692. The highest BCUT2D eigenvalue weighted by atomic mass is 16.5. The Morgan fingerprint density at radius 1 is 1.00 bits per heavy atom. The van der Waals surface area contributed by atoms with Crippen molar-refractivity contribution in [1.82, 2.24) is 5.32 Å². The van der Waals surface area contributed by atoms with E-state index in [2.05, 4.69) is 37.4 Å². The van der Waals surface area contributed by atoms with Crippen molar-refractivity contribution in [3.63, 3.8) is 0 Å². The van der Waals surface area contributed by atoms with E-state index in [1.54, 1.807) is 6.07 Å². The number of carbonyl (C=O) groups is 1. The molecule has 1 amide bonds. The van der Waals surface area contributed by atoms with Gasteiger partial charge in [0.05, 0.1) is 17.7 Å². The zero-order valence-electron chi connectivity index (χ0n) is 14.5. The van der Waals surface area contributed by atoms with Crippen LogP contribution in [-0.2, 0) is 0 Å². The molecule has 1 N–H and O–H groups in total. The van der Waals surface area contributed by atoms with E-state index >= 15 is 0 Å². The molecule has 0 spiro atoms. The molecule has 0 aromatic heterocycles. The van der Waals surface area contributed by atoms with E-state index in [1.807, 2.05) is 39.0 Å². The summed E-state index contributed by atoms with van der Waals surface area (Å²) in [4.78, 5) is 12.6. The van der Waals surface area contributed by atoms with Gasteiger partial charge in [0.2, 0.25) is 0 Å². The number of rotatable bonds is 5. The molecule has 0 radical (unpaired) electrons. The summed E-state index contributed by atoms with van der Waals surface area (Å²) in [6.07, 6.45) is 0.0288. The number of amides is 1. The molecule has 122 valence electrons. The first-order valence-electron chi connectivity index (χ1n) is 8.02. The van der Waals surface area contributed by atoms with Gasteiger partial charge in [-0.3, -0.25) is 4.79 Å². The summed E-state index contributed by atoms with van der Waals surface area (Å²) in [5, 5.41) is 3.05. The van der Waals surface area contributed by atoms with Gasteiger partial charge in [-0.2, -0.15) is 0 Å². The lowest BCUT2D eigenvalue weighted by atomic mass is 10.0.